The van der Waals surface area contributed by atoms with Crippen molar-refractivity contribution in [3.05, 3.63) is 11.6 Å². The largest absolute Gasteiger partial charge is 0.447 e. The molecule has 180 valence electrons. The molecule has 0 aromatic carbocycles. The zero-order valence-electron chi connectivity index (χ0n) is 20.9. The maximum atomic E-state index is 12.8. The average Bonchev–Trinajstić information content (AvgIpc) is 3.09. The molecule has 0 spiro atoms. The summed E-state index contributed by atoms with van der Waals surface area (Å²) in [5.41, 5.74) is 0.494. The fourth-order valence-corrected chi connectivity index (χ4v) is 4.16. The summed E-state index contributed by atoms with van der Waals surface area (Å²) < 4.78 is 5.07. The maximum absolute atomic E-state index is 12.8. The molecule has 1 fully saturated rings. The molecule has 0 saturated carbocycles. The third kappa shape index (κ3) is 10.2. The molecule has 31 heavy (non-hydrogen) atoms. The van der Waals surface area contributed by atoms with Gasteiger partial charge in [0.15, 0.2) is 0 Å². The predicted molar refractivity (Wildman–Crippen MR) is 127 cm³/mol. The monoisotopic (exact) mass is 437 g/mol. The summed E-state index contributed by atoms with van der Waals surface area (Å²) in [4.78, 5) is 26.0. The second-order valence-electron chi connectivity index (χ2n) is 10.1. The highest BCUT2D eigenvalue weighted by atomic mass is 16.6. The molecule has 0 bridgehead atoms. The SMILES string of the molecule is C/C(=C\[C@H](C)[C@@H](O)CCCCCCCCCCC(C)C)C(=O)N1C(=O)OC[C@@H]1C(C)C. The van der Waals surface area contributed by atoms with Crippen LogP contribution in [0.15, 0.2) is 11.6 Å². The normalized spacial score (nSPS) is 19.3. The van der Waals surface area contributed by atoms with Crippen LogP contribution >= 0.6 is 0 Å². The number of hydrogen-bond donors (Lipinski definition) is 1. The molecule has 5 nitrogen and oxygen atoms in total. The molecule has 5 heteroatoms. The van der Waals surface area contributed by atoms with Crippen molar-refractivity contribution in [1.82, 2.24) is 4.90 Å². The Balaban J connectivity index is 2.28. The lowest BCUT2D eigenvalue weighted by atomic mass is 9.95. The molecule has 3 atom stereocenters. The molecule has 1 saturated heterocycles. The average molecular weight is 438 g/mol. The molecule has 0 aromatic rings. The van der Waals surface area contributed by atoms with Crippen molar-refractivity contribution in [2.24, 2.45) is 17.8 Å². The topological polar surface area (TPSA) is 66.8 Å². The lowest BCUT2D eigenvalue weighted by molar-refractivity contribution is -0.125. The first-order valence-electron chi connectivity index (χ1n) is 12.5. The minimum Gasteiger partial charge on any atom is -0.447 e. The van der Waals surface area contributed by atoms with Crippen LogP contribution in [0.2, 0.25) is 0 Å². The first kappa shape index (κ1) is 27.7. The van der Waals surface area contributed by atoms with Gasteiger partial charge in [-0.15, -0.1) is 0 Å². The smallest absolute Gasteiger partial charge is 0.417 e. The summed E-state index contributed by atoms with van der Waals surface area (Å²) in [5, 5.41) is 10.5. The fourth-order valence-electron chi connectivity index (χ4n) is 4.16. The van der Waals surface area contributed by atoms with E-state index in [4.69, 9.17) is 4.74 Å². The Labute approximate surface area is 190 Å². The van der Waals surface area contributed by atoms with E-state index in [1.165, 1.54) is 49.8 Å². The van der Waals surface area contributed by atoms with Crippen molar-refractivity contribution in [2.75, 3.05) is 6.61 Å². The van der Waals surface area contributed by atoms with Crippen LogP contribution in [-0.2, 0) is 9.53 Å². The summed E-state index contributed by atoms with van der Waals surface area (Å²) >= 11 is 0. The first-order valence-corrected chi connectivity index (χ1v) is 12.5. The Kier molecular flexibility index (Phi) is 13.1. The number of rotatable bonds is 15. The zero-order valence-corrected chi connectivity index (χ0v) is 20.9. The van der Waals surface area contributed by atoms with Crippen molar-refractivity contribution < 1.29 is 19.4 Å². The standard InChI is InChI=1S/C26H47NO4/c1-19(2)15-13-11-9-7-8-10-12-14-16-24(28)21(5)17-22(6)25(29)27-23(20(3)4)18-31-26(27)30/h17,19-21,23-24,28H,7-16,18H2,1-6H3/b22-17+/t21-,23+,24-/m0/s1. The molecule has 0 aromatic heterocycles. The van der Waals surface area contributed by atoms with Crippen LogP contribution in [0.25, 0.3) is 0 Å². The van der Waals surface area contributed by atoms with Crippen molar-refractivity contribution in [3.63, 3.8) is 0 Å². The van der Waals surface area contributed by atoms with Gasteiger partial charge in [0.1, 0.15) is 6.61 Å². The number of ether oxygens (including phenoxy) is 1. The number of aliphatic hydroxyl groups is 1. The Morgan fingerprint density at radius 2 is 1.52 bits per heavy atom. The minimum atomic E-state index is -0.565. The van der Waals surface area contributed by atoms with Crippen molar-refractivity contribution in [1.29, 1.82) is 0 Å². The zero-order chi connectivity index (χ0) is 23.4. The van der Waals surface area contributed by atoms with E-state index in [-0.39, 0.29) is 30.4 Å². The Hall–Kier alpha value is -1.36. The number of amides is 2. The van der Waals surface area contributed by atoms with E-state index in [0.29, 0.717) is 5.57 Å². The second-order valence-corrected chi connectivity index (χ2v) is 10.1. The summed E-state index contributed by atoms with van der Waals surface area (Å²) in [5.74, 6) is 0.528. The van der Waals surface area contributed by atoms with Gasteiger partial charge in [-0.1, -0.05) is 98.5 Å². The van der Waals surface area contributed by atoms with Crippen molar-refractivity contribution in [3.8, 4) is 0 Å². The van der Waals surface area contributed by atoms with Crippen LogP contribution in [0.4, 0.5) is 4.79 Å². The fraction of sp³-hybridized carbons (Fsp3) is 0.846. The second kappa shape index (κ2) is 14.7. The van der Waals surface area contributed by atoms with Gasteiger partial charge in [0.2, 0.25) is 0 Å². The summed E-state index contributed by atoms with van der Waals surface area (Å²) in [7, 11) is 0. The number of hydrogen-bond acceptors (Lipinski definition) is 4. The van der Waals surface area contributed by atoms with Crippen LogP contribution < -0.4 is 0 Å². The van der Waals surface area contributed by atoms with E-state index >= 15 is 0 Å². The van der Waals surface area contributed by atoms with E-state index in [2.05, 4.69) is 13.8 Å². The Bertz CT molecular complexity index is 570. The highest BCUT2D eigenvalue weighted by Crippen LogP contribution is 2.23. The molecule has 2 amide bonds. The van der Waals surface area contributed by atoms with Gasteiger partial charge in [-0.2, -0.15) is 0 Å². The number of imide groups is 1. The summed E-state index contributed by atoms with van der Waals surface area (Å²) in [6.45, 7) is 12.4. The van der Waals surface area contributed by atoms with E-state index < -0.39 is 12.2 Å². The molecular formula is C26H47NO4. The van der Waals surface area contributed by atoms with Crippen LogP contribution in [0.3, 0.4) is 0 Å². The van der Waals surface area contributed by atoms with Crippen molar-refractivity contribution >= 4 is 12.0 Å². The van der Waals surface area contributed by atoms with Gasteiger partial charge in [-0.05, 0) is 25.2 Å². The summed E-state index contributed by atoms with van der Waals surface area (Å²) in [6.07, 6.45) is 12.9. The van der Waals surface area contributed by atoms with Gasteiger partial charge < -0.3 is 9.84 Å². The molecule has 1 aliphatic heterocycles. The van der Waals surface area contributed by atoms with Gasteiger partial charge in [-0.3, -0.25) is 4.79 Å². The van der Waals surface area contributed by atoms with E-state index in [9.17, 15) is 14.7 Å². The third-order valence-corrected chi connectivity index (χ3v) is 6.38. The number of aliphatic hydroxyl groups excluding tert-OH is 1. The van der Waals surface area contributed by atoms with Gasteiger partial charge in [0, 0.05) is 11.5 Å². The minimum absolute atomic E-state index is 0.124. The summed E-state index contributed by atoms with van der Waals surface area (Å²) in [6, 6.07) is -0.223. The molecule has 0 aliphatic carbocycles. The van der Waals surface area contributed by atoms with Crippen molar-refractivity contribution in [2.45, 2.75) is 118 Å². The maximum Gasteiger partial charge on any atom is 0.417 e. The molecule has 1 heterocycles. The van der Waals surface area contributed by atoms with Crippen LogP contribution in [0.5, 0.6) is 0 Å². The Morgan fingerprint density at radius 1 is 1.00 bits per heavy atom. The molecular weight excluding hydrogens is 390 g/mol. The quantitative estimate of drug-likeness (QED) is 0.235. The predicted octanol–water partition coefficient (Wildman–Crippen LogP) is 6.49. The lowest BCUT2D eigenvalue weighted by Crippen LogP contribution is -2.42. The molecule has 1 aliphatic rings. The number of carbonyl (C=O) groups excluding carboxylic acids is 2. The van der Waals surface area contributed by atoms with Gasteiger partial charge in [-0.25, -0.2) is 9.69 Å². The molecule has 1 rings (SSSR count). The van der Waals surface area contributed by atoms with Crippen LogP contribution in [0.1, 0.15) is 106 Å². The van der Waals surface area contributed by atoms with Gasteiger partial charge >= 0.3 is 6.09 Å². The van der Waals surface area contributed by atoms with Crippen LogP contribution in [-0.4, -0.2) is 40.8 Å². The number of cyclic esters (lactones) is 1. The third-order valence-electron chi connectivity index (χ3n) is 6.38. The van der Waals surface area contributed by atoms with E-state index in [1.54, 1.807) is 13.0 Å². The first-order chi connectivity index (χ1) is 14.6. The lowest BCUT2D eigenvalue weighted by Gasteiger charge is -2.23. The highest BCUT2D eigenvalue weighted by molar-refractivity contribution is 6.03. The number of nitrogens with zero attached hydrogens (tertiary/aromatic N) is 1. The van der Waals surface area contributed by atoms with Gasteiger partial charge in [0.05, 0.1) is 12.1 Å². The Morgan fingerprint density at radius 3 is 2.03 bits per heavy atom. The molecule has 0 unspecified atom stereocenters. The molecule has 0 radical (unpaired) electrons. The van der Waals surface area contributed by atoms with Gasteiger partial charge in [0.25, 0.3) is 5.91 Å². The van der Waals surface area contributed by atoms with E-state index in [1.807, 2.05) is 20.8 Å². The highest BCUT2D eigenvalue weighted by Gasteiger charge is 2.39. The van der Waals surface area contributed by atoms with E-state index in [0.717, 1.165) is 25.2 Å². The molecule has 1 N–H and O–H groups in total. The number of carbonyl (C=O) groups is 2. The number of unbranched alkanes of at least 4 members (excludes halogenated alkanes) is 7. The van der Waals surface area contributed by atoms with Crippen LogP contribution in [0, 0.1) is 17.8 Å².